The van der Waals surface area contributed by atoms with E-state index in [2.05, 4.69) is 30.4 Å². The van der Waals surface area contributed by atoms with Crippen LogP contribution >= 0.6 is 0 Å². The van der Waals surface area contributed by atoms with Crippen molar-refractivity contribution in [3.63, 3.8) is 0 Å². The Morgan fingerprint density at radius 2 is 1.59 bits per heavy atom. The highest BCUT2D eigenvalue weighted by Crippen LogP contribution is 2.19. The van der Waals surface area contributed by atoms with Crippen LogP contribution in [0.25, 0.3) is 0 Å². The zero-order valence-corrected chi connectivity index (χ0v) is 10.6. The molecular formula is C15H22O2. The lowest BCUT2D eigenvalue weighted by atomic mass is 9.95. The summed E-state index contributed by atoms with van der Waals surface area (Å²) >= 11 is 0. The molecule has 0 saturated carbocycles. The summed E-state index contributed by atoms with van der Waals surface area (Å²) in [6, 6.07) is 0. The van der Waals surface area contributed by atoms with Crippen LogP contribution in [0.1, 0.15) is 45.4 Å². The van der Waals surface area contributed by atoms with Gasteiger partial charge in [-0.2, -0.15) is 0 Å². The molecule has 1 atom stereocenters. The summed E-state index contributed by atoms with van der Waals surface area (Å²) in [7, 11) is 0. The number of carbonyl (C=O) groups is 1. The first kappa shape index (κ1) is 13.8. The maximum absolute atomic E-state index is 11.0. The fraction of sp³-hybridized carbons (Fsp3) is 0.533. The molecule has 2 heteroatoms. The quantitative estimate of drug-likeness (QED) is 0.730. The summed E-state index contributed by atoms with van der Waals surface area (Å²) in [5.41, 5.74) is 1.07. The molecule has 17 heavy (non-hydrogen) atoms. The zero-order valence-electron chi connectivity index (χ0n) is 10.6. The summed E-state index contributed by atoms with van der Waals surface area (Å²) in [6.45, 7) is 1.78. The Bertz CT molecular complexity index is 324. The molecule has 1 aliphatic rings. The first-order valence-electron chi connectivity index (χ1n) is 6.43. The molecule has 0 fully saturated rings. The van der Waals surface area contributed by atoms with Gasteiger partial charge in [0.1, 0.15) is 0 Å². The van der Waals surface area contributed by atoms with Crippen LogP contribution in [0.2, 0.25) is 0 Å². The minimum atomic E-state index is -0.720. The fourth-order valence-corrected chi connectivity index (χ4v) is 1.93. The highest BCUT2D eigenvalue weighted by molar-refractivity contribution is 5.73. The van der Waals surface area contributed by atoms with Gasteiger partial charge in [0.15, 0.2) is 0 Å². The number of carboxylic acid groups (broad SMARTS) is 1. The van der Waals surface area contributed by atoms with Gasteiger partial charge in [-0.15, -0.1) is 0 Å². The van der Waals surface area contributed by atoms with E-state index in [0.29, 0.717) is 0 Å². The van der Waals surface area contributed by atoms with Gasteiger partial charge in [-0.05, 0) is 45.4 Å². The predicted octanol–water partition coefficient (Wildman–Crippen LogP) is 4.10. The third kappa shape index (κ3) is 5.53. The number of hydrogen-bond donors (Lipinski definition) is 1. The monoisotopic (exact) mass is 234 g/mol. The van der Waals surface area contributed by atoms with E-state index in [1.165, 1.54) is 0 Å². The Balaban J connectivity index is 2.67. The van der Waals surface area contributed by atoms with Crippen molar-refractivity contribution in [1.82, 2.24) is 0 Å². The van der Waals surface area contributed by atoms with Crippen molar-refractivity contribution in [3.8, 4) is 0 Å². The smallest absolute Gasteiger partial charge is 0.310 e. The van der Waals surface area contributed by atoms with Gasteiger partial charge in [0, 0.05) is 0 Å². The van der Waals surface area contributed by atoms with Gasteiger partial charge in [-0.1, -0.05) is 36.0 Å². The van der Waals surface area contributed by atoms with E-state index >= 15 is 0 Å². The van der Waals surface area contributed by atoms with E-state index in [4.69, 9.17) is 5.11 Å². The van der Waals surface area contributed by atoms with Crippen molar-refractivity contribution in [2.24, 2.45) is 5.92 Å². The lowest BCUT2D eigenvalue weighted by Gasteiger charge is -2.11. The number of carboxylic acids is 1. The number of hydrogen-bond acceptors (Lipinski definition) is 1. The molecule has 0 spiro atoms. The van der Waals surface area contributed by atoms with Gasteiger partial charge in [0.25, 0.3) is 0 Å². The SMILES string of the molecule is CC(C(=O)O)/C1=C/CC/C=C/CC/C=C/CC1. The van der Waals surface area contributed by atoms with Crippen LogP contribution in [0.15, 0.2) is 36.0 Å². The molecule has 0 aromatic rings. The van der Waals surface area contributed by atoms with Crippen LogP contribution in [0.5, 0.6) is 0 Å². The van der Waals surface area contributed by atoms with E-state index in [1.54, 1.807) is 6.92 Å². The van der Waals surface area contributed by atoms with Gasteiger partial charge in [0.2, 0.25) is 0 Å². The van der Waals surface area contributed by atoms with Crippen molar-refractivity contribution in [3.05, 3.63) is 36.0 Å². The Morgan fingerprint density at radius 3 is 2.18 bits per heavy atom. The van der Waals surface area contributed by atoms with Crippen molar-refractivity contribution in [1.29, 1.82) is 0 Å². The molecule has 1 unspecified atom stereocenters. The normalized spacial score (nSPS) is 26.8. The molecule has 0 aliphatic heterocycles. The first-order chi connectivity index (χ1) is 8.22. The van der Waals surface area contributed by atoms with E-state index in [-0.39, 0.29) is 5.92 Å². The molecule has 2 nitrogen and oxygen atoms in total. The largest absolute Gasteiger partial charge is 0.481 e. The van der Waals surface area contributed by atoms with Gasteiger partial charge in [0.05, 0.1) is 5.92 Å². The first-order valence-corrected chi connectivity index (χ1v) is 6.43. The molecule has 1 N–H and O–H groups in total. The Hall–Kier alpha value is -1.31. The van der Waals surface area contributed by atoms with Crippen molar-refractivity contribution < 1.29 is 9.90 Å². The highest BCUT2D eigenvalue weighted by Gasteiger charge is 2.15. The van der Waals surface area contributed by atoms with Gasteiger partial charge >= 0.3 is 5.97 Å². The Kier molecular flexibility index (Phi) is 6.38. The Morgan fingerprint density at radius 1 is 1.06 bits per heavy atom. The predicted molar refractivity (Wildman–Crippen MR) is 70.9 cm³/mol. The summed E-state index contributed by atoms with van der Waals surface area (Å²) in [6.07, 6.45) is 16.8. The molecule has 0 bridgehead atoms. The van der Waals surface area contributed by atoms with Crippen molar-refractivity contribution >= 4 is 5.97 Å². The van der Waals surface area contributed by atoms with E-state index in [0.717, 1.165) is 44.1 Å². The maximum atomic E-state index is 11.0. The standard InChI is InChI=1S/C15H22O2/c1-13(15(16)17)14-11-9-7-5-3-2-4-6-8-10-12-14/h3,5-6,8,11,13H,2,4,7,9-10,12H2,1H3,(H,16,17)/b5-3+,8-6+,14-11+. The minimum absolute atomic E-state index is 0.352. The van der Waals surface area contributed by atoms with Crippen molar-refractivity contribution in [2.45, 2.75) is 45.4 Å². The molecule has 0 aromatic carbocycles. The second-order valence-corrected chi connectivity index (χ2v) is 4.48. The van der Waals surface area contributed by atoms with Crippen LogP contribution in [-0.4, -0.2) is 11.1 Å². The number of rotatable bonds is 2. The van der Waals surface area contributed by atoms with Crippen molar-refractivity contribution in [2.75, 3.05) is 0 Å². The van der Waals surface area contributed by atoms with Gasteiger partial charge in [-0.3, -0.25) is 4.79 Å². The molecular weight excluding hydrogens is 212 g/mol. The summed E-state index contributed by atoms with van der Waals surface area (Å²) < 4.78 is 0. The van der Waals surface area contributed by atoms with Crippen LogP contribution in [-0.2, 0) is 4.79 Å². The summed E-state index contributed by atoms with van der Waals surface area (Å²) in [5.74, 6) is -1.07. The maximum Gasteiger partial charge on any atom is 0.310 e. The van der Waals surface area contributed by atoms with E-state index in [9.17, 15) is 4.79 Å². The minimum Gasteiger partial charge on any atom is -0.481 e. The van der Waals surface area contributed by atoms with Crippen LogP contribution in [0.3, 0.4) is 0 Å². The summed E-state index contributed by atoms with van der Waals surface area (Å²) in [4.78, 5) is 11.0. The fourth-order valence-electron chi connectivity index (χ4n) is 1.93. The zero-order chi connectivity index (χ0) is 12.5. The molecule has 0 aromatic heterocycles. The topological polar surface area (TPSA) is 37.3 Å². The summed E-state index contributed by atoms with van der Waals surface area (Å²) in [5, 5.41) is 9.05. The molecule has 0 saturated heterocycles. The van der Waals surface area contributed by atoms with Crippen LogP contribution < -0.4 is 0 Å². The number of allylic oxidation sites excluding steroid dienone is 5. The molecule has 1 aliphatic carbocycles. The average molecular weight is 234 g/mol. The second kappa shape index (κ2) is 7.88. The second-order valence-electron chi connectivity index (χ2n) is 4.48. The lowest BCUT2D eigenvalue weighted by molar-refractivity contribution is -0.139. The molecule has 0 amide bonds. The molecule has 1 rings (SSSR count). The number of aliphatic carboxylic acids is 1. The third-order valence-electron chi connectivity index (χ3n) is 3.10. The molecule has 0 heterocycles. The third-order valence-corrected chi connectivity index (χ3v) is 3.10. The average Bonchev–Trinajstić information content (AvgIpc) is 2.29. The van der Waals surface area contributed by atoms with Crippen LogP contribution in [0, 0.1) is 5.92 Å². The van der Waals surface area contributed by atoms with E-state index in [1.807, 2.05) is 0 Å². The van der Waals surface area contributed by atoms with E-state index < -0.39 is 5.97 Å². The molecule has 0 radical (unpaired) electrons. The van der Waals surface area contributed by atoms with Gasteiger partial charge in [-0.25, -0.2) is 0 Å². The highest BCUT2D eigenvalue weighted by atomic mass is 16.4. The molecule has 94 valence electrons. The van der Waals surface area contributed by atoms with Crippen LogP contribution in [0.4, 0.5) is 0 Å². The lowest BCUT2D eigenvalue weighted by Crippen LogP contribution is -2.12. The Labute approximate surface area is 104 Å². The van der Waals surface area contributed by atoms with Gasteiger partial charge < -0.3 is 5.11 Å².